The molecule has 1 aromatic carbocycles. The van der Waals surface area contributed by atoms with Crippen LogP contribution in [-0.4, -0.2) is 21.5 Å². The zero-order valence-corrected chi connectivity index (χ0v) is 15.8. The summed E-state index contributed by atoms with van der Waals surface area (Å²) in [7, 11) is 0. The molecule has 8 nitrogen and oxygen atoms in total. The Kier molecular flexibility index (Phi) is 6.07. The summed E-state index contributed by atoms with van der Waals surface area (Å²) in [6.07, 6.45) is 1.45. The first-order chi connectivity index (χ1) is 13.9. The minimum Gasteiger partial charge on any atom is -0.477 e. The van der Waals surface area contributed by atoms with Crippen molar-refractivity contribution in [3.8, 4) is 5.88 Å². The van der Waals surface area contributed by atoms with Gasteiger partial charge in [-0.15, -0.1) is 0 Å². The van der Waals surface area contributed by atoms with Crippen LogP contribution < -0.4 is 15.4 Å². The van der Waals surface area contributed by atoms with Crippen LogP contribution >= 0.6 is 11.5 Å². The molecular formula is C18H15F2N3O5S. The Balaban J connectivity index is 1.69. The highest BCUT2D eigenvalue weighted by molar-refractivity contribution is 7.11. The van der Waals surface area contributed by atoms with Gasteiger partial charge in [-0.1, -0.05) is 12.1 Å². The lowest BCUT2D eigenvalue weighted by atomic mass is 10.1. The number of halogens is 2. The van der Waals surface area contributed by atoms with Gasteiger partial charge >= 0.3 is 12.0 Å². The fourth-order valence-corrected chi connectivity index (χ4v) is 3.04. The van der Waals surface area contributed by atoms with Gasteiger partial charge in [0.05, 0.1) is 12.8 Å². The number of carbonyl (C=O) groups excluding carboxylic acids is 1. The summed E-state index contributed by atoms with van der Waals surface area (Å²) in [4.78, 5) is 23.5. The molecule has 29 heavy (non-hydrogen) atoms. The van der Waals surface area contributed by atoms with Crippen molar-refractivity contribution in [2.75, 3.05) is 5.32 Å². The van der Waals surface area contributed by atoms with E-state index in [1.807, 2.05) is 0 Å². The standard InChI is InChI=1S/C18H15F2N3O5S/c1-9-4-5-10(14(20)13(9)19)8-28-15-12(17(24)25)16(29-23-15)22-18(26)21-7-11-3-2-6-27-11/h2-6H,7-8H2,1H3,(H,24,25)(H2,21,22,26). The first-order valence-electron chi connectivity index (χ1n) is 8.23. The molecule has 0 atom stereocenters. The SMILES string of the molecule is Cc1ccc(COc2nsc(NC(=O)NCc3ccco3)c2C(=O)O)c(F)c1F. The lowest BCUT2D eigenvalue weighted by Crippen LogP contribution is -2.28. The van der Waals surface area contributed by atoms with E-state index in [-0.39, 0.29) is 28.6 Å². The molecule has 2 amide bonds. The molecule has 2 aromatic heterocycles. The van der Waals surface area contributed by atoms with E-state index in [4.69, 9.17) is 9.15 Å². The molecule has 0 saturated carbocycles. The molecule has 0 saturated heterocycles. The minimum absolute atomic E-state index is 0.0694. The molecule has 0 aliphatic heterocycles. The van der Waals surface area contributed by atoms with Crippen molar-refractivity contribution in [1.82, 2.24) is 9.69 Å². The third-order valence-electron chi connectivity index (χ3n) is 3.82. The van der Waals surface area contributed by atoms with Crippen molar-refractivity contribution in [2.24, 2.45) is 0 Å². The fraction of sp³-hybridized carbons (Fsp3) is 0.167. The second kappa shape index (κ2) is 8.69. The number of ether oxygens (including phenoxy) is 1. The molecule has 0 aliphatic carbocycles. The summed E-state index contributed by atoms with van der Waals surface area (Å²) in [5.74, 6) is -3.28. The largest absolute Gasteiger partial charge is 0.477 e. The smallest absolute Gasteiger partial charge is 0.344 e. The summed E-state index contributed by atoms with van der Waals surface area (Å²) in [6, 6.07) is 5.36. The fourth-order valence-electron chi connectivity index (χ4n) is 2.32. The van der Waals surface area contributed by atoms with Crippen LogP contribution in [-0.2, 0) is 13.2 Å². The van der Waals surface area contributed by atoms with Gasteiger partial charge in [0.25, 0.3) is 0 Å². The normalized spacial score (nSPS) is 10.6. The molecule has 3 N–H and O–H groups in total. The third kappa shape index (κ3) is 4.69. The predicted molar refractivity (Wildman–Crippen MR) is 99.1 cm³/mol. The number of rotatable bonds is 7. The molecule has 11 heteroatoms. The van der Waals surface area contributed by atoms with E-state index in [0.717, 1.165) is 0 Å². The lowest BCUT2D eigenvalue weighted by Gasteiger charge is -2.08. The number of nitrogens with one attached hydrogen (secondary N) is 2. The van der Waals surface area contributed by atoms with Crippen molar-refractivity contribution < 1.29 is 32.6 Å². The van der Waals surface area contributed by atoms with E-state index in [0.29, 0.717) is 17.3 Å². The maximum atomic E-state index is 13.9. The number of aryl methyl sites for hydroxylation is 1. The third-order valence-corrected chi connectivity index (χ3v) is 4.57. The van der Waals surface area contributed by atoms with Gasteiger partial charge < -0.3 is 19.6 Å². The summed E-state index contributed by atoms with van der Waals surface area (Å²) >= 11 is 0.682. The molecule has 152 valence electrons. The van der Waals surface area contributed by atoms with E-state index in [1.54, 1.807) is 12.1 Å². The summed E-state index contributed by atoms with van der Waals surface area (Å²) < 4.78 is 41.8. The Labute approximate surface area is 167 Å². The van der Waals surface area contributed by atoms with Crippen LogP contribution in [0.25, 0.3) is 0 Å². The number of urea groups is 1. The maximum Gasteiger partial charge on any atom is 0.344 e. The number of furan rings is 1. The Morgan fingerprint density at radius 3 is 2.76 bits per heavy atom. The number of aromatic carboxylic acids is 1. The number of carboxylic acid groups (broad SMARTS) is 1. The van der Waals surface area contributed by atoms with Crippen molar-refractivity contribution in [3.63, 3.8) is 0 Å². The van der Waals surface area contributed by atoms with Crippen molar-refractivity contribution in [3.05, 3.63) is 64.6 Å². The summed E-state index contributed by atoms with van der Waals surface area (Å²) in [6.45, 7) is 1.08. The number of carbonyl (C=O) groups is 2. The highest BCUT2D eigenvalue weighted by atomic mass is 32.1. The molecule has 3 rings (SSSR count). The molecule has 0 bridgehead atoms. The van der Waals surface area contributed by atoms with Crippen LogP contribution in [0.15, 0.2) is 34.9 Å². The van der Waals surface area contributed by atoms with Crippen LogP contribution in [0.5, 0.6) is 5.88 Å². The van der Waals surface area contributed by atoms with Gasteiger partial charge in [-0.05, 0) is 36.2 Å². The van der Waals surface area contributed by atoms with Crippen molar-refractivity contribution in [1.29, 1.82) is 0 Å². The van der Waals surface area contributed by atoms with E-state index < -0.39 is 35.8 Å². The Bertz CT molecular complexity index is 1040. The zero-order valence-electron chi connectivity index (χ0n) is 15.0. The maximum absolute atomic E-state index is 13.9. The highest BCUT2D eigenvalue weighted by Gasteiger charge is 2.24. The minimum atomic E-state index is -1.40. The predicted octanol–water partition coefficient (Wildman–Crippen LogP) is 3.92. The second-order valence-corrected chi connectivity index (χ2v) is 6.62. The average molecular weight is 423 g/mol. The van der Waals surface area contributed by atoms with Gasteiger partial charge in [-0.3, -0.25) is 5.32 Å². The molecular weight excluding hydrogens is 408 g/mol. The van der Waals surface area contributed by atoms with E-state index >= 15 is 0 Å². The second-order valence-electron chi connectivity index (χ2n) is 5.84. The number of hydrogen-bond acceptors (Lipinski definition) is 6. The van der Waals surface area contributed by atoms with E-state index in [9.17, 15) is 23.5 Å². The molecule has 0 unspecified atom stereocenters. The first kappa shape index (κ1) is 20.3. The highest BCUT2D eigenvalue weighted by Crippen LogP contribution is 2.31. The van der Waals surface area contributed by atoms with Gasteiger partial charge in [-0.25, -0.2) is 18.4 Å². The van der Waals surface area contributed by atoms with Crippen molar-refractivity contribution in [2.45, 2.75) is 20.1 Å². The molecule has 0 spiro atoms. The molecule has 0 radical (unpaired) electrons. The molecule has 0 fully saturated rings. The van der Waals surface area contributed by atoms with Gasteiger partial charge in [0.15, 0.2) is 17.2 Å². The topological polar surface area (TPSA) is 114 Å². The number of benzene rings is 1. The molecule has 0 aliphatic rings. The number of carboxylic acids is 1. The number of aromatic nitrogens is 1. The Morgan fingerprint density at radius 2 is 2.07 bits per heavy atom. The van der Waals surface area contributed by atoms with Crippen LogP contribution in [0, 0.1) is 18.6 Å². The average Bonchev–Trinajstić information content (AvgIpc) is 3.34. The van der Waals surface area contributed by atoms with Crippen LogP contribution in [0.4, 0.5) is 18.6 Å². The van der Waals surface area contributed by atoms with Gasteiger partial charge in [0.1, 0.15) is 17.4 Å². The lowest BCUT2D eigenvalue weighted by molar-refractivity contribution is 0.0693. The number of nitrogens with zero attached hydrogens (tertiary/aromatic N) is 1. The first-order valence-corrected chi connectivity index (χ1v) is 9.00. The number of amides is 2. The van der Waals surface area contributed by atoms with Crippen LogP contribution in [0.3, 0.4) is 0 Å². The summed E-state index contributed by atoms with van der Waals surface area (Å²) in [5, 5.41) is 14.2. The van der Waals surface area contributed by atoms with Crippen LogP contribution in [0.2, 0.25) is 0 Å². The van der Waals surface area contributed by atoms with Crippen molar-refractivity contribution >= 4 is 28.5 Å². The summed E-state index contributed by atoms with van der Waals surface area (Å²) in [5.41, 5.74) is -0.350. The monoisotopic (exact) mass is 423 g/mol. The quantitative estimate of drug-likeness (QED) is 0.531. The van der Waals surface area contributed by atoms with Crippen LogP contribution in [0.1, 0.15) is 27.2 Å². The van der Waals surface area contributed by atoms with E-state index in [1.165, 1.54) is 25.3 Å². The van der Waals surface area contributed by atoms with Gasteiger partial charge in [-0.2, -0.15) is 4.37 Å². The number of hydrogen-bond donors (Lipinski definition) is 3. The molecule has 2 heterocycles. The Hall–Kier alpha value is -3.47. The number of anilines is 1. The zero-order chi connectivity index (χ0) is 21.0. The molecule has 3 aromatic rings. The Morgan fingerprint density at radius 1 is 1.28 bits per heavy atom. The van der Waals surface area contributed by atoms with E-state index in [2.05, 4.69) is 15.0 Å². The van der Waals surface area contributed by atoms with Gasteiger partial charge in [0.2, 0.25) is 5.88 Å². The van der Waals surface area contributed by atoms with Gasteiger partial charge in [0, 0.05) is 5.56 Å².